The number of anilines is 5. The van der Waals surface area contributed by atoms with Crippen molar-refractivity contribution in [2.24, 2.45) is 5.73 Å². The summed E-state index contributed by atoms with van der Waals surface area (Å²) in [5, 5.41) is 11.3. The third kappa shape index (κ3) is 4.29. The van der Waals surface area contributed by atoms with Gasteiger partial charge in [-0.2, -0.15) is 9.97 Å². The average Bonchev–Trinajstić information content (AvgIpc) is 3.11. The molecule has 1 saturated carbocycles. The van der Waals surface area contributed by atoms with Gasteiger partial charge in [-0.15, -0.1) is 5.53 Å². The summed E-state index contributed by atoms with van der Waals surface area (Å²) in [4.78, 5) is 9.84. The quantitative estimate of drug-likeness (QED) is 0.572. The van der Waals surface area contributed by atoms with E-state index in [2.05, 4.69) is 53.9 Å². The Morgan fingerprint density at radius 2 is 1.63 bits per heavy atom. The smallest absolute Gasteiger partial charge is 0.227 e. The Bertz CT molecular complexity index is 846. The highest BCUT2D eigenvalue weighted by Crippen LogP contribution is 2.41. The van der Waals surface area contributed by atoms with Crippen molar-refractivity contribution >= 4 is 29.0 Å². The molecule has 0 bridgehead atoms. The number of hydrogen-bond acceptors (Lipinski definition) is 8. The molecule has 0 amide bonds. The second-order valence-electron chi connectivity index (χ2n) is 8.84. The molecule has 1 aliphatic carbocycles. The third-order valence-corrected chi connectivity index (χ3v) is 5.72. The normalized spacial score (nSPS) is 21.3. The van der Waals surface area contributed by atoms with Crippen LogP contribution in [0.3, 0.4) is 0 Å². The van der Waals surface area contributed by atoms with E-state index in [-0.39, 0.29) is 12.1 Å². The number of para-hydroxylation sites is 1. The molecule has 0 atom stereocenters. The van der Waals surface area contributed by atoms with Crippen LogP contribution in [0.1, 0.15) is 53.4 Å². The number of nitrogens with zero attached hydrogens (tertiary/aromatic N) is 4. The molecule has 0 unspecified atom stereocenters. The van der Waals surface area contributed by atoms with E-state index in [0.717, 1.165) is 48.7 Å². The molecule has 0 saturated heterocycles. The van der Waals surface area contributed by atoms with Gasteiger partial charge in [0.2, 0.25) is 5.95 Å². The minimum atomic E-state index is 0.242. The van der Waals surface area contributed by atoms with Gasteiger partial charge in [0.1, 0.15) is 5.69 Å². The first-order valence-corrected chi connectivity index (χ1v) is 11.0. The Morgan fingerprint density at radius 1 is 0.967 bits per heavy atom. The van der Waals surface area contributed by atoms with E-state index in [9.17, 15) is 0 Å². The SMILES string of the molecule is CC(C)N1NN(C(C)C)c2c(Nc3ccccc3)nc(NC3CCC(N)CC3)nc21. The monoisotopic (exact) mass is 410 g/mol. The zero-order chi connectivity index (χ0) is 21.3. The van der Waals surface area contributed by atoms with Gasteiger partial charge in [0.05, 0.1) is 0 Å². The number of benzene rings is 1. The lowest BCUT2D eigenvalue weighted by Gasteiger charge is -2.27. The first-order chi connectivity index (χ1) is 14.4. The van der Waals surface area contributed by atoms with Crippen molar-refractivity contribution < 1.29 is 0 Å². The highest BCUT2D eigenvalue weighted by molar-refractivity contribution is 5.85. The molecule has 1 aliphatic heterocycles. The van der Waals surface area contributed by atoms with Gasteiger partial charge in [-0.3, -0.25) is 10.0 Å². The third-order valence-electron chi connectivity index (χ3n) is 5.72. The van der Waals surface area contributed by atoms with Crippen LogP contribution in [0, 0.1) is 0 Å². The zero-order valence-electron chi connectivity index (χ0n) is 18.4. The molecule has 8 nitrogen and oxygen atoms in total. The summed E-state index contributed by atoms with van der Waals surface area (Å²) >= 11 is 0. The zero-order valence-corrected chi connectivity index (χ0v) is 18.4. The van der Waals surface area contributed by atoms with Crippen LogP contribution in [0.4, 0.5) is 29.0 Å². The van der Waals surface area contributed by atoms with Gasteiger partial charge in [0, 0.05) is 29.9 Å². The second kappa shape index (κ2) is 8.65. The Hall–Kier alpha value is -2.58. The summed E-state index contributed by atoms with van der Waals surface area (Å²) in [5.74, 6) is 2.35. The van der Waals surface area contributed by atoms with E-state index in [1.54, 1.807) is 0 Å². The van der Waals surface area contributed by atoms with Crippen LogP contribution < -0.4 is 31.9 Å². The number of hydrogen-bond donors (Lipinski definition) is 4. The van der Waals surface area contributed by atoms with Crippen molar-refractivity contribution in [2.75, 3.05) is 20.7 Å². The molecule has 1 aromatic heterocycles. The lowest BCUT2D eigenvalue weighted by atomic mass is 9.92. The Morgan fingerprint density at radius 3 is 2.27 bits per heavy atom. The molecule has 2 aromatic rings. The first kappa shape index (κ1) is 20.7. The number of nitrogens with one attached hydrogen (secondary N) is 3. The number of aromatic nitrogens is 2. The molecule has 0 radical (unpaired) electrons. The van der Waals surface area contributed by atoms with Gasteiger partial charge in [-0.25, -0.2) is 0 Å². The summed E-state index contributed by atoms with van der Waals surface area (Å²) in [6.07, 6.45) is 4.18. The maximum Gasteiger partial charge on any atom is 0.227 e. The summed E-state index contributed by atoms with van der Waals surface area (Å²) < 4.78 is 0. The van der Waals surface area contributed by atoms with Gasteiger partial charge in [0.25, 0.3) is 0 Å². The predicted octanol–water partition coefficient (Wildman–Crippen LogP) is 3.76. The van der Waals surface area contributed by atoms with Crippen LogP contribution in [-0.4, -0.2) is 34.1 Å². The molecule has 8 heteroatoms. The summed E-state index contributed by atoms with van der Waals surface area (Å²) in [7, 11) is 0. The second-order valence-corrected chi connectivity index (χ2v) is 8.84. The molecule has 2 aliphatic rings. The van der Waals surface area contributed by atoms with Gasteiger partial charge in [0.15, 0.2) is 11.6 Å². The highest BCUT2D eigenvalue weighted by Gasteiger charge is 2.35. The van der Waals surface area contributed by atoms with Crippen molar-refractivity contribution in [1.29, 1.82) is 0 Å². The van der Waals surface area contributed by atoms with Crippen molar-refractivity contribution in [3.8, 4) is 0 Å². The number of hydrazine groups is 2. The Labute approximate surface area is 179 Å². The summed E-state index contributed by atoms with van der Waals surface area (Å²) in [6.45, 7) is 8.62. The summed E-state index contributed by atoms with van der Waals surface area (Å²) in [6, 6.07) is 11.3. The fraction of sp³-hybridized carbons (Fsp3) is 0.545. The Kier molecular flexibility index (Phi) is 5.97. The predicted molar refractivity (Wildman–Crippen MR) is 124 cm³/mol. The van der Waals surface area contributed by atoms with Gasteiger partial charge in [-0.1, -0.05) is 18.2 Å². The van der Waals surface area contributed by atoms with E-state index in [1.807, 2.05) is 30.3 Å². The van der Waals surface area contributed by atoms with Crippen LogP contribution >= 0.6 is 0 Å². The molecule has 0 spiro atoms. The van der Waals surface area contributed by atoms with Crippen LogP contribution in [0.15, 0.2) is 30.3 Å². The average molecular weight is 411 g/mol. The maximum atomic E-state index is 6.08. The van der Waals surface area contributed by atoms with Crippen LogP contribution in [0.2, 0.25) is 0 Å². The molecule has 1 aromatic carbocycles. The van der Waals surface area contributed by atoms with Crippen LogP contribution in [0.25, 0.3) is 0 Å². The number of rotatable bonds is 6. The van der Waals surface area contributed by atoms with Gasteiger partial charge in [-0.05, 0) is 65.5 Å². The number of fused-ring (bicyclic) bond motifs is 1. The fourth-order valence-corrected chi connectivity index (χ4v) is 4.04. The molecule has 5 N–H and O–H groups in total. The molecule has 4 rings (SSSR count). The minimum absolute atomic E-state index is 0.242. The van der Waals surface area contributed by atoms with Crippen molar-refractivity contribution in [2.45, 2.75) is 77.5 Å². The van der Waals surface area contributed by atoms with E-state index < -0.39 is 0 Å². The van der Waals surface area contributed by atoms with Crippen LogP contribution in [-0.2, 0) is 0 Å². The Balaban J connectivity index is 1.72. The van der Waals surface area contributed by atoms with Gasteiger partial charge < -0.3 is 16.4 Å². The maximum absolute atomic E-state index is 6.08. The highest BCUT2D eigenvalue weighted by atomic mass is 15.8. The van der Waals surface area contributed by atoms with E-state index in [1.165, 1.54) is 0 Å². The van der Waals surface area contributed by atoms with Crippen molar-refractivity contribution in [3.05, 3.63) is 30.3 Å². The van der Waals surface area contributed by atoms with E-state index >= 15 is 0 Å². The van der Waals surface area contributed by atoms with E-state index in [0.29, 0.717) is 18.0 Å². The number of nitrogens with two attached hydrogens (primary N) is 1. The summed E-state index contributed by atoms with van der Waals surface area (Å²) in [5.41, 5.74) is 11.5. The molecule has 1 fully saturated rings. The lowest BCUT2D eigenvalue weighted by Crippen LogP contribution is -2.50. The lowest BCUT2D eigenvalue weighted by molar-refractivity contribution is 0.410. The minimum Gasteiger partial charge on any atom is -0.351 e. The molecular formula is C22H34N8. The molecular weight excluding hydrogens is 376 g/mol. The van der Waals surface area contributed by atoms with Crippen LogP contribution in [0.5, 0.6) is 0 Å². The first-order valence-electron chi connectivity index (χ1n) is 11.0. The molecule has 30 heavy (non-hydrogen) atoms. The van der Waals surface area contributed by atoms with E-state index in [4.69, 9.17) is 15.7 Å². The van der Waals surface area contributed by atoms with Crippen molar-refractivity contribution in [1.82, 2.24) is 15.5 Å². The largest absolute Gasteiger partial charge is 0.351 e. The standard InChI is InChI=1S/C22H34N8/c1-14(2)29-19-20(24-17-8-6-5-7-9-17)26-22(25-18-12-10-16(23)11-13-18)27-21(19)30(28-29)15(3)4/h5-9,14-16,18,28H,10-13,23H2,1-4H3,(H2,24,25,26,27). The molecule has 162 valence electrons. The van der Waals surface area contributed by atoms with Crippen molar-refractivity contribution in [3.63, 3.8) is 0 Å². The molecule has 2 heterocycles. The van der Waals surface area contributed by atoms with Gasteiger partial charge >= 0.3 is 0 Å². The fourth-order valence-electron chi connectivity index (χ4n) is 4.04. The topological polar surface area (TPSA) is 94.4 Å².